The number of thioether (sulfide) groups is 1. The molecule has 2 aromatic heterocycles. The SMILES string of the molecule is C[C@H]1Sc2ccccc2-c2cc(-c3cccc(-c4ccc5ccc6ccc(-c7ccc(F)cc7)nc6c5n4)c3)ccc21. The maximum atomic E-state index is 13.5. The number of rotatable bonds is 3. The summed E-state index contributed by atoms with van der Waals surface area (Å²) in [5, 5.41) is 2.48. The van der Waals surface area contributed by atoms with E-state index in [-0.39, 0.29) is 5.82 Å². The van der Waals surface area contributed by atoms with Gasteiger partial charge in [0.2, 0.25) is 0 Å². The van der Waals surface area contributed by atoms with E-state index in [0.717, 1.165) is 49.9 Å². The van der Waals surface area contributed by atoms with Gasteiger partial charge in [-0.05, 0) is 89.3 Å². The van der Waals surface area contributed by atoms with Crippen LogP contribution in [0.25, 0.3) is 66.6 Å². The molecular weight excluding hydrogens is 535 g/mol. The van der Waals surface area contributed by atoms with E-state index in [9.17, 15) is 4.39 Å². The largest absolute Gasteiger partial charge is 0.245 e. The first-order chi connectivity index (χ1) is 20.6. The summed E-state index contributed by atoms with van der Waals surface area (Å²) in [6.07, 6.45) is 0. The van der Waals surface area contributed by atoms with Crippen molar-refractivity contribution in [2.45, 2.75) is 17.1 Å². The van der Waals surface area contributed by atoms with E-state index in [4.69, 9.17) is 9.97 Å². The van der Waals surface area contributed by atoms with Crippen molar-refractivity contribution in [1.82, 2.24) is 9.97 Å². The highest BCUT2D eigenvalue weighted by Crippen LogP contribution is 2.49. The molecule has 0 fully saturated rings. The third-order valence-corrected chi connectivity index (χ3v) is 9.34. The Balaban J connectivity index is 1.22. The van der Waals surface area contributed by atoms with Gasteiger partial charge in [-0.2, -0.15) is 0 Å². The van der Waals surface area contributed by atoms with Crippen LogP contribution in [0.2, 0.25) is 0 Å². The third kappa shape index (κ3) is 4.27. The molecule has 5 aromatic carbocycles. The molecule has 0 unspecified atom stereocenters. The van der Waals surface area contributed by atoms with Gasteiger partial charge < -0.3 is 0 Å². The summed E-state index contributed by atoms with van der Waals surface area (Å²) in [4.78, 5) is 11.5. The third-order valence-electron chi connectivity index (χ3n) is 8.12. The lowest BCUT2D eigenvalue weighted by Gasteiger charge is -2.25. The predicted molar refractivity (Wildman–Crippen MR) is 173 cm³/mol. The molecule has 0 saturated carbocycles. The minimum absolute atomic E-state index is 0.257. The molecule has 2 nitrogen and oxygen atoms in total. The minimum atomic E-state index is -0.257. The topological polar surface area (TPSA) is 25.8 Å². The van der Waals surface area contributed by atoms with Crippen LogP contribution >= 0.6 is 11.8 Å². The van der Waals surface area contributed by atoms with Gasteiger partial charge in [-0.3, -0.25) is 0 Å². The van der Waals surface area contributed by atoms with Gasteiger partial charge in [0, 0.05) is 32.0 Å². The fraction of sp³-hybridized carbons (Fsp3) is 0.0526. The zero-order valence-corrected chi connectivity index (χ0v) is 23.7. The van der Waals surface area contributed by atoms with E-state index in [1.165, 1.54) is 39.3 Å². The van der Waals surface area contributed by atoms with E-state index in [1.54, 1.807) is 12.1 Å². The summed E-state index contributed by atoms with van der Waals surface area (Å²) in [5.74, 6) is -0.257. The van der Waals surface area contributed by atoms with E-state index in [2.05, 4.69) is 104 Å². The second kappa shape index (κ2) is 9.93. The molecule has 0 amide bonds. The Morgan fingerprint density at radius 1 is 0.548 bits per heavy atom. The summed E-state index contributed by atoms with van der Waals surface area (Å²) in [5.41, 5.74) is 11.7. The number of hydrogen-bond acceptors (Lipinski definition) is 3. The molecule has 1 aliphatic heterocycles. The normalized spacial score (nSPS) is 14.1. The molecule has 1 aliphatic rings. The van der Waals surface area contributed by atoms with Crippen LogP contribution in [-0.2, 0) is 0 Å². The van der Waals surface area contributed by atoms with Gasteiger partial charge in [-0.1, -0.05) is 72.8 Å². The maximum Gasteiger partial charge on any atom is 0.123 e. The number of nitrogens with zero attached hydrogens (tertiary/aromatic N) is 2. The number of pyridine rings is 2. The average molecular weight is 561 g/mol. The molecule has 0 saturated heterocycles. The Kier molecular flexibility index (Phi) is 5.90. The van der Waals surface area contributed by atoms with Crippen LogP contribution in [0.1, 0.15) is 17.7 Å². The standard InChI is InChI=1S/C38H25FN2S/c1-23-31-18-13-28(22-33(31)32-7-2-3-8-36(32)42-23)27-5-4-6-29(21-27)35-20-15-26-10-9-25-14-19-34(40-37(25)38(26)41-35)24-11-16-30(39)17-12-24/h2-23H,1H3/t23-/m1/s1. The van der Waals surface area contributed by atoms with Crippen LogP contribution in [-0.4, -0.2) is 9.97 Å². The van der Waals surface area contributed by atoms with Crippen molar-refractivity contribution in [3.63, 3.8) is 0 Å². The number of aromatic nitrogens is 2. The molecule has 1 atom stereocenters. The summed E-state index contributed by atoms with van der Waals surface area (Å²) >= 11 is 1.93. The molecule has 8 rings (SSSR count). The van der Waals surface area contributed by atoms with Gasteiger partial charge in [0.1, 0.15) is 5.82 Å². The first-order valence-corrected chi connectivity index (χ1v) is 15.0. The quantitative estimate of drug-likeness (QED) is 0.201. The number of halogens is 1. The Morgan fingerprint density at radius 2 is 1.17 bits per heavy atom. The average Bonchev–Trinajstić information content (AvgIpc) is 3.04. The van der Waals surface area contributed by atoms with Crippen molar-refractivity contribution < 1.29 is 4.39 Å². The first kappa shape index (κ1) is 25.0. The maximum absolute atomic E-state index is 13.5. The monoisotopic (exact) mass is 560 g/mol. The molecule has 4 heteroatoms. The molecule has 0 aliphatic carbocycles. The number of hydrogen-bond donors (Lipinski definition) is 0. The molecule has 42 heavy (non-hydrogen) atoms. The predicted octanol–water partition coefficient (Wildman–Crippen LogP) is 10.8. The van der Waals surface area contributed by atoms with Crippen molar-refractivity contribution in [1.29, 1.82) is 0 Å². The van der Waals surface area contributed by atoms with Crippen LogP contribution in [0.5, 0.6) is 0 Å². The minimum Gasteiger partial charge on any atom is -0.245 e. The molecule has 200 valence electrons. The van der Waals surface area contributed by atoms with Crippen molar-refractivity contribution in [3.05, 3.63) is 139 Å². The van der Waals surface area contributed by atoms with Crippen LogP contribution in [0, 0.1) is 5.82 Å². The lowest BCUT2D eigenvalue weighted by Crippen LogP contribution is -2.00. The lowest BCUT2D eigenvalue weighted by atomic mass is 9.92. The van der Waals surface area contributed by atoms with Crippen LogP contribution in [0.15, 0.2) is 132 Å². The Labute approximate surface area is 247 Å². The van der Waals surface area contributed by atoms with Crippen molar-refractivity contribution >= 4 is 33.6 Å². The number of benzene rings is 5. The smallest absolute Gasteiger partial charge is 0.123 e. The van der Waals surface area contributed by atoms with Crippen molar-refractivity contribution in [3.8, 4) is 44.8 Å². The van der Waals surface area contributed by atoms with E-state index < -0.39 is 0 Å². The van der Waals surface area contributed by atoms with E-state index in [0.29, 0.717) is 5.25 Å². The second-order valence-corrected chi connectivity index (χ2v) is 12.1. The summed E-state index contributed by atoms with van der Waals surface area (Å²) < 4.78 is 13.5. The fourth-order valence-electron chi connectivity index (χ4n) is 5.94. The van der Waals surface area contributed by atoms with Crippen molar-refractivity contribution in [2.24, 2.45) is 0 Å². The fourth-order valence-corrected chi connectivity index (χ4v) is 7.11. The molecule has 0 bridgehead atoms. The number of fused-ring (bicyclic) bond motifs is 6. The molecule has 7 aromatic rings. The van der Waals surface area contributed by atoms with Gasteiger partial charge in [-0.15, -0.1) is 11.8 Å². The second-order valence-electron chi connectivity index (χ2n) is 10.7. The van der Waals surface area contributed by atoms with Gasteiger partial charge in [-0.25, -0.2) is 14.4 Å². The van der Waals surface area contributed by atoms with E-state index in [1.807, 2.05) is 17.8 Å². The molecule has 0 N–H and O–H groups in total. The van der Waals surface area contributed by atoms with Crippen LogP contribution in [0.3, 0.4) is 0 Å². The molecule has 0 radical (unpaired) electrons. The van der Waals surface area contributed by atoms with Gasteiger partial charge in [0.15, 0.2) is 0 Å². The van der Waals surface area contributed by atoms with Crippen molar-refractivity contribution in [2.75, 3.05) is 0 Å². The summed E-state index contributed by atoms with van der Waals surface area (Å²) in [6.45, 7) is 2.28. The highest BCUT2D eigenvalue weighted by atomic mass is 32.2. The highest BCUT2D eigenvalue weighted by molar-refractivity contribution is 7.99. The van der Waals surface area contributed by atoms with Gasteiger partial charge in [0.05, 0.1) is 22.4 Å². The zero-order valence-electron chi connectivity index (χ0n) is 22.9. The molecule has 0 spiro atoms. The zero-order chi connectivity index (χ0) is 28.2. The first-order valence-electron chi connectivity index (χ1n) is 14.1. The Hall–Kier alpha value is -4.80. The Morgan fingerprint density at radius 3 is 1.93 bits per heavy atom. The Bertz CT molecular complexity index is 2150. The molecular formula is C38H25FN2S. The van der Waals surface area contributed by atoms with Gasteiger partial charge >= 0.3 is 0 Å². The van der Waals surface area contributed by atoms with E-state index >= 15 is 0 Å². The van der Waals surface area contributed by atoms with Crippen LogP contribution in [0.4, 0.5) is 4.39 Å². The highest BCUT2D eigenvalue weighted by Gasteiger charge is 2.22. The van der Waals surface area contributed by atoms with Crippen LogP contribution < -0.4 is 0 Å². The summed E-state index contributed by atoms with van der Waals surface area (Å²) in [6, 6.07) is 43.0. The van der Waals surface area contributed by atoms with Gasteiger partial charge in [0.25, 0.3) is 0 Å². The lowest BCUT2D eigenvalue weighted by molar-refractivity contribution is 0.628. The summed E-state index contributed by atoms with van der Waals surface area (Å²) in [7, 11) is 0. The molecule has 3 heterocycles.